The molecule has 2 N–H and O–H groups in total. The third kappa shape index (κ3) is 7.57. The van der Waals surface area contributed by atoms with Crippen molar-refractivity contribution in [1.82, 2.24) is 14.7 Å². The van der Waals surface area contributed by atoms with Crippen molar-refractivity contribution in [2.75, 3.05) is 77.7 Å². The minimum Gasteiger partial charge on any atom is -0.495 e. The van der Waals surface area contributed by atoms with Crippen molar-refractivity contribution < 1.29 is 27.1 Å². The predicted molar refractivity (Wildman–Crippen MR) is 168 cm³/mol. The SMILES string of the molecule is COc1cc(C(=O)N2CCN(C)CC2)ccc1NCC#Cc1sc2c(N[C@@H]3CCN(C)C[C@@H]3F)cccc2c1CC(F)(F)F. The number of rotatable bonds is 7. The van der Waals surface area contributed by atoms with Gasteiger partial charge in [0.05, 0.1) is 47.1 Å². The molecule has 5 rings (SSSR count). The Labute approximate surface area is 259 Å². The number of nitrogens with one attached hydrogen (secondary N) is 2. The summed E-state index contributed by atoms with van der Waals surface area (Å²) < 4.78 is 61.8. The lowest BCUT2D eigenvalue weighted by Crippen LogP contribution is -2.47. The molecule has 1 amide bonds. The van der Waals surface area contributed by atoms with Crippen LogP contribution in [0.1, 0.15) is 27.2 Å². The van der Waals surface area contributed by atoms with E-state index in [1.54, 1.807) is 36.4 Å². The molecular formula is C32H37F4N5O2S. The fourth-order valence-corrected chi connectivity index (χ4v) is 6.78. The van der Waals surface area contributed by atoms with Crippen LogP contribution in [0.5, 0.6) is 5.75 Å². The average Bonchev–Trinajstić information content (AvgIpc) is 3.33. The molecule has 0 aliphatic carbocycles. The van der Waals surface area contributed by atoms with E-state index >= 15 is 0 Å². The maximum Gasteiger partial charge on any atom is 0.393 e. The van der Waals surface area contributed by atoms with E-state index in [0.717, 1.165) is 19.6 Å². The topological polar surface area (TPSA) is 60.1 Å². The number of carbonyl (C=O) groups is 1. The Morgan fingerprint density at radius 3 is 2.55 bits per heavy atom. The number of anilines is 2. The minimum absolute atomic E-state index is 0.0589. The van der Waals surface area contributed by atoms with Crippen LogP contribution in [0.4, 0.5) is 28.9 Å². The van der Waals surface area contributed by atoms with Crippen molar-refractivity contribution in [2.24, 2.45) is 0 Å². The van der Waals surface area contributed by atoms with Crippen molar-refractivity contribution >= 4 is 38.7 Å². The Hall–Kier alpha value is -3.53. The van der Waals surface area contributed by atoms with E-state index in [9.17, 15) is 22.4 Å². The van der Waals surface area contributed by atoms with Crippen LogP contribution in [-0.2, 0) is 6.42 Å². The Morgan fingerprint density at radius 1 is 1.07 bits per heavy atom. The van der Waals surface area contributed by atoms with E-state index in [-0.39, 0.29) is 18.0 Å². The maximum atomic E-state index is 14.7. The third-order valence-corrected chi connectivity index (χ3v) is 9.29. The number of thiophene rings is 1. The summed E-state index contributed by atoms with van der Waals surface area (Å²) in [5.74, 6) is 6.32. The summed E-state index contributed by atoms with van der Waals surface area (Å²) in [6.45, 7) is 4.15. The summed E-state index contributed by atoms with van der Waals surface area (Å²) in [5.41, 5.74) is 1.89. The summed E-state index contributed by atoms with van der Waals surface area (Å²) >= 11 is 1.19. The van der Waals surface area contributed by atoms with Gasteiger partial charge in [0.1, 0.15) is 11.9 Å². The third-order valence-electron chi connectivity index (χ3n) is 8.09. The molecule has 2 aromatic carbocycles. The number of piperidine rings is 1. The molecule has 2 aliphatic rings. The molecular weight excluding hydrogens is 594 g/mol. The zero-order chi connectivity index (χ0) is 31.4. The predicted octanol–water partition coefficient (Wildman–Crippen LogP) is 5.32. The Morgan fingerprint density at radius 2 is 1.84 bits per heavy atom. The van der Waals surface area contributed by atoms with Crippen LogP contribution in [-0.4, -0.2) is 106 Å². The highest BCUT2D eigenvalue weighted by Gasteiger charge is 2.32. The van der Waals surface area contributed by atoms with Crippen LogP contribution in [0.2, 0.25) is 0 Å². The molecule has 2 aliphatic heterocycles. The number of hydrogen-bond donors (Lipinski definition) is 2. The van der Waals surface area contributed by atoms with E-state index in [2.05, 4.69) is 27.4 Å². The van der Waals surface area contributed by atoms with Gasteiger partial charge in [-0.3, -0.25) is 4.79 Å². The molecule has 0 radical (unpaired) electrons. The number of alkyl halides is 4. The highest BCUT2D eigenvalue weighted by molar-refractivity contribution is 7.20. The van der Waals surface area contributed by atoms with Crippen LogP contribution in [0, 0.1) is 11.8 Å². The average molecular weight is 632 g/mol. The van der Waals surface area contributed by atoms with Gasteiger partial charge in [-0.2, -0.15) is 13.2 Å². The van der Waals surface area contributed by atoms with Crippen molar-refractivity contribution in [3.05, 3.63) is 52.4 Å². The lowest BCUT2D eigenvalue weighted by molar-refractivity contribution is -0.126. The number of amides is 1. The van der Waals surface area contributed by atoms with Crippen LogP contribution in [0.15, 0.2) is 36.4 Å². The molecule has 0 unspecified atom stereocenters. The maximum absolute atomic E-state index is 14.7. The Balaban J connectivity index is 1.33. The van der Waals surface area contributed by atoms with Crippen LogP contribution >= 0.6 is 11.3 Å². The van der Waals surface area contributed by atoms with Crippen LogP contribution in [0.25, 0.3) is 10.1 Å². The molecule has 12 heteroatoms. The van der Waals surface area contributed by atoms with Gasteiger partial charge >= 0.3 is 6.18 Å². The minimum atomic E-state index is -4.42. The van der Waals surface area contributed by atoms with Gasteiger partial charge in [0.15, 0.2) is 0 Å². The van der Waals surface area contributed by atoms with E-state index in [4.69, 9.17) is 4.74 Å². The fourth-order valence-electron chi connectivity index (χ4n) is 5.61. The van der Waals surface area contributed by atoms with Crippen LogP contribution in [0.3, 0.4) is 0 Å². The monoisotopic (exact) mass is 631 g/mol. The number of hydrogen-bond acceptors (Lipinski definition) is 7. The zero-order valence-electron chi connectivity index (χ0n) is 25.1. The van der Waals surface area contributed by atoms with E-state index in [1.165, 1.54) is 18.4 Å². The molecule has 7 nitrogen and oxygen atoms in total. The second-order valence-electron chi connectivity index (χ2n) is 11.4. The summed E-state index contributed by atoms with van der Waals surface area (Å²) in [4.78, 5) is 19.2. The second kappa shape index (κ2) is 13.6. The molecule has 2 saturated heterocycles. The summed E-state index contributed by atoms with van der Waals surface area (Å²) in [7, 11) is 5.41. The lowest BCUT2D eigenvalue weighted by Gasteiger charge is -2.33. The van der Waals surface area contributed by atoms with E-state index < -0.39 is 24.8 Å². The molecule has 3 heterocycles. The smallest absolute Gasteiger partial charge is 0.393 e. The highest BCUT2D eigenvalue weighted by atomic mass is 32.1. The van der Waals surface area contributed by atoms with Gasteiger partial charge in [0.2, 0.25) is 0 Å². The first-order valence-electron chi connectivity index (χ1n) is 14.6. The summed E-state index contributed by atoms with van der Waals surface area (Å²) in [6.07, 6.45) is -6.01. The number of fused-ring (bicyclic) bond motifs is 1. The van der Waals surface area contributed by atoms with Gasteiger partial charge in [0.25, 0.3) is 5.91 Å². The standard InChI is InChI=1S/C32H37F4N5O2S/c1-39-14-16-41(17-15-39)31(42)21-9-10-26(28(18-21)43-3)37-12-5-8-29-23(19-32(34,35)36)22-6-4-7-27(30(22)44-29)38-25-11-13-40(2)20-24(25)33/h4,6-7,9-10,18,24-25,37-38H,11-17,19-20H2,1-3H3/t24-,25+/m0/s1. The number of methoxy groups -OCH3 is 1. The molecule has 0 saturated carbocycles. The molecule has 0 spiro atoms. The molecule has 3 aromatic rings. The first-order valence-corrected chi connectivity index (χ1v) is 15.4. The number of piperazine rings is 1. The Kier molecular flexibility index (Phi) is 9.87. The van der Waals surface area contributed by atoms with Gasteiger partial charge in [0, 0.05) is 44.8 Å². The van der Waals surface area contributed by atoms with E-state index in [1.807, 2.05) is 23.9 Å². The fraction of sp³-hybridized carbons (Fsp3) is 0.469. The first-order chi connectivity index (χ1) is 21.0. The lowest BCUT2D eigenvalue weighted by atomic mass is 10.0. The van der Waals surface area contributed by atoms with Gasteiger partial charge in [-0.05, 0) is 55.7 Å². The van der Waals surface area contributed by atoms with Crippen molar-refractivity contribution in [3.8, 4) is 17.6 Å². The zero-order valence-corrected chi connectivity index (χ0v) is 25.9. The number of likely N-dealkylation sites (tertiary alicyclic amines) is 1. The second-order valence-corrected chi connectivity index (χ2v) is 12.4. The molecule has 2 fully saturated rings. The molecule has 2 atom stereocenters. The normalized spacial score (nSPS) is 19.8. The van der Waals surface area contributed by atoms with Crippen molar-refractivity contribution in [2.45, 2.75) is 31.2 Å². The number of carbonyl (C=O) groups excluding carboxylic acids is 1. The van der Waals surface area contributed by atoms with Gasteiger partial charge in [-0.15, -0.1) is 11.3 Å². The van der Waals surface area contributed by atoms with Crippen molar-refractivity contribution in [1.29, 1.82) is 0 Å². The molecule has 44 heavy (non-hydrogen) atoms. The van der Waals surface area contributed by atoms with Crippen LogP contribution < -0.4 is 15.4 Å². The number of likely N-dealkylation sites (N-methyl/N-ethyl adjacent to an activating group) is 1. The largest absolute Gasteiger partial charge is 0.495 e. The molecule has 1 aromatic heterocycles. The summed E-state index contributed by atoms with van der Waals surface area (Å²) in [6, 6.07) is 9.89. The quantitative estimate of drug-likeness (QED) is 0.272. The van der Waals surface area contributed by atoms with Crippen molar-refractivity contribution in [3.63, 3.8) is 0 Å². The summed E-state index contributed by atoms with van der Waals surface area (Å²) in [5, 5.41) is 6.89. The number of ether oxygens (including phenoxy) is 1. The first kappa shape index (κ1) is 31.9. The number of nitrogens with zero attached hydrogens (tertiary/aromatic N) is 3. The number of halogens is 4. The molecule has 0 bridgehead atoms. The molecule has 236 valence electrons. The Bertz CT molecular complexity index is 1540. The highest BCUT2D eigenvalue weighted by Crippen LogP contribution is 2.39. The number of benzene rings is 2. The van der Waals surface area contributed by atoms with Gasteiger partial charge in [-0.1, -0.05) is 24.0 Å². The van der Waals surface area contributed by atoms with Gasteiger partial charge < -0.3 is 30.1 Å². The van der Waals surface area contributed by atoms with Gasteiger partial charge in [-0.25, -0.2) is 4.39 Å². The van der Waals surface area contributed by atoms with E-state index in [0.29, 0.717) is 63.7 Å².